The Kier molecular flexibility index (Phi) is 6.25. The molecule has 1 aromatic carbocycles. The third-order valence-corrected chi connectivity index (χ3v) is 1.94. The topological polar surface area (TPSA) is 80.6 Å². The highest BCUT2D eigenvalue weighted by molar-refractivity contribution is 5.76. The fraction of sp³-hybridized carbons (Fsp3) is 0.333. The van der Waals surface area contributed by atoms with Gasteiger partial charge in [-0.1, -0.05) is 12.1 Å². The van der Waals surface area contributed by atoms with Gasteiger partial charge in [0.25, 0.3) is 5.91 Å². The van der Waals surface area contributed by atoms with Gasteiger partial charge < -0.3 is 9.47 Å². The van der Waals surface area contributed by atoms with Gasteiger partial charge >= 0.3 is 0 Å². The number of nitrogens with zero attached hydrogens (tertiary/aromatic N) is 1. The van der Waals surface area contributed by atoms with E-state index in [0.29, 0.717) is 17.9 Å². The number of rotatable bonds is 7. The van der Waals surface area contributed by atoms with Gasteiger partial charge in [-0.25, -0.2) is 5.48 Å². The van der Waals surface area contributed by atoms with Crippen LogP contribution in [-0.4, -0.2) is 32.8 Å². The summed E-state index contributed by atoms with van der Waals surface area (Å²) in [6, 6.07) is 8.66. The Balaban J connectivity index is 2.32. The van der Waals surface area contributed by atoms with Gasteiger partial charge in [0.15, 0.2) is 6.61 Å². The Morgan fingerprint density at radius 1 is 1.39 bits per heavy atom. The van der Waals surface area contributed by atoms with Crippen LogP contribution in [0, 0.1) is 11.3 Å². The molecule has 0 spiro atoms. The highest BCUT2D eigenvalue weighted by Crippen LogP contribution is 2.15. The highest BCUT2D eigenvalue weighted by atomic mass is 16.7. The van der Waals surface area contributed by atoms with Gasteiger partial charge in [-0.05, 0) is 12.1 Å². The lowest BCUT2D eigenvalue weighted by Crippen LogP contribution is -2.30. The molecule has 0 unspecified atom stereocenters. The first-order chi connectivity index (χ1) is 8.77. The largest absolute Gasteiger partial charge is 0.482 e. The van der Waals surface area contributed by atoms with Crippen molar-refractivity contribution in [2.45, 2.75) is 0 Å². The summed E-state index contributed by atoms with van der Waals surface area (Å²) in [5.74, 6) is -0.0640. The summed E-state index contributed by atoms with van der Waals surface area (Å²) in [5.41, 5.74) is 2.58. The average Bonchev–Trinajstić information content (AvgIpc) is 2.41. The maximum Gasteiger partial charge on any atom is 0.281 e. The zero-order valence-corrected chi connectivity index (χ0v) is 10.0. The molecule has 0 aliphatic carbocycles. The van der Waals surface area contributed by atoms with Crippen LogP contribution in [0.4, 0.5) is 0 Å². The van der Waals surface area contributed by atoms with Crippen molar-refractivity contribution in [2.24, 2.45) is 0 Å². The Bertz CT molecular complexity index is 428. The molecule has 1 N–H and O–H groups in total. The second kappa shape index (κ2) is 8.06. The van der Waals surface area contributed by atoms with E-state index >= 15 is 0 Å². The number of amides is 1. The van der Waals surface area contributed by atoms with Crippen LogP contribution in [0.3, 0.4) is 0 Å². The normalized spacial score (nSPS) is 9.56. The predicted molar refractivity (Wildman–Crippen MR) is 62.6 cm³/mol. The van der Waals surface area contributed by atoms with Crippen molar-refractivity contribution in [1.29, 1.82) is 5.26 Å². The fourth-order valence-corrected chi connectivity index (χ4v) is 1.11. The summed E-state index contributed by atoms with van der Waals surface area (Å²) in [4.78, 5) is 16.1. The number of hydroxylamine groups is 1. The maximum atomic E-state index is 11.3. The first-order valence-electron chi connectivity index (χ1n) is 5.29. The molecule has 0 heterocycles. The summed E-state index contributed by atoms with van der Waals surface area (Å²) in [7, 11) is 1.53. The maximum absolute atomic E-state index is 11.3. The molecule has 1 aromatic rings. The van der Waals surface area contributed by atoms with Crippen molar-refractivity contribution < 1.29 is 19.1 Å². The van der Waals surface area contributed by atoms with Gasteiger partial charge in [0.2, 0.25) is 0 Å². The van der Waals surface area contributed by atoms with E-state index in [4.69, 9.17) is 19.6 Å². The zero-order chi connectivity index (χ0) is 13.2. The van der Waals surface area contributed by atoms with Crippen LogP contribution < -0.4 is 10.2 Å². The average molecular weight is 250 g/mol. The number of ether oxygens (including phenoxy) is 2. The van der Waals surface area contributed by atoms with E-state index in [1.807, 2.05) is 6.07 Å². The molecule has 96 valence electrons. The second-order valence-electron chi connectivity index (χ2n) is 3.26. The molecule has 0 saturated carbocycles. The number of para-hydroxylation sites is 1. The van der Waals surface area contributed by atoms with Crippen LogP contribution in [-0.2, 0) is 14.4 Å². The molecule has 18 heavy (non-hydrogen) atoms. The number of nitrogens with one attached hydrogen (secondary N) is 1. The second-order valence-corrected chi connectivity index (χ2v) is 3.26. The Morgan fingerprint density at radius 2 is 2.17 bits per heavy atom. The monoisotopic (exact) mass is 250 g/mol. The van der Waals surface area contributed by atoms with Gasteiger partial charge in [0, 0.05) is 7.11 Å². The number of carbonyl (C=O) groups is 1. The molecule has 1 amide bonds. The molecule has 0 aliphatic rings. The molecule has 0 fully saturated rings. The lowest BCUT2D eigenvalue weighted by atomic mass is 10.2. The van der Waals surface area contributed by atoms with Crippen LogP contribution >= 0.6 is 0 Å². The summed E-state index contributed by atoms with van der Waals surface area (Å²) >= 11 is 0. The van der Waals surface area contributed by atoms with Crippen molar-refractivity contribution >= 4 is 5.91 Å². The summed E-state index contributed by atoms with van der Waals surface area (Å²) in [6.45, 7) is 0.432. The van der Waals surface area contributed by atoms with Crippen LogP contribution in [0.5, 0.6) is 5.75 Å². The minimum atomic E-state index is -0.432. The Labute approximate surface area is 105 Å². The number of nitriles is 1. The van der Waals surface area contributed by atoms with Crippen molar-refractivity contribution in [3.05, 3.63) is 29.8 Å². The van der Waals surface area contributed by atoms with Crippen molar-refractivity contribution in [3.8, 4) is 11.8 Å². The minimum Gasteiger partial charge on any atom is -0.482 e. The molecule has 0 aliphatic heterocycles. The number of methoxy groups -OCH3 is 1. The van der Waals surface area contributed by atoms with E-state index < -0.39 is 5.91 Å². The smallest absolute Gasteiger partial charge is 0.281 e. The molecular formula is C12H14N2O4. The van der Waals surface area contributed by atoms with Gasteiger partial charge in [0.1, 0.15) is 11.8 Å². The zero-order valence-electron chi connectivity index (χ0n) is 10.0. The number of hydrogen-bond donors (Lipinski definition) is 1. The molecule has 0 aromatic heterocycles. The first kappa shape index (κ1) is 14.0. The molecule has 0 radical (unpaired) electrons. The number of hydrogen-bond acceptors (Lipinski definition) is 5. The molecule has 0 saturated heterocycles. The third kappa shape index (κ3) is 4.82. The van der Waals surface area contributed by atoms with E-state index in [1.54, 1.807) is 24.3 Å². The van der Waals surface area contributed by atoms with E-state index in [0.717, 1.165) is 0 Å². The van der Waals surface area contributed by atoms with Crippen molar-refractivity contribution in [2.75, 3.05) is 26.9 Å². The minimum absolute atomic E-state index is 0.217. The van der Waals surface area contributed by atoms with E-state index in [9.17, 15) is 4.79 Å². The molecule has 6 nitrogen and oxygen atoms in total. The van der Waals surface area contributed by atoms with Gasteiger partial charge in [-0.15, -0.1) is 0 Å². The van der Waals surface area contributed by atoms with E-state index in [2.05, 4.69) is 5.48 Å². The third-order valence-electron chi connectivity index (χ3n) is 1.94. The Hall–Kier alpha value is -2.10. The van der Waals surface area contributed by atoms with Crippen LogP contribution in [0.15, 0.2) is 24.3 Å². The fourth-order valence-electron chi connectivity index (χ4n) is 1.11. The summed E-state index contributed by atoms with van der Waals surface area (Å²) in [5, 5.41) is 8.82. The SMILES string of the molecule is COCCONC(=O)COc1ccccc1C#N. The number of benzene rings is 1. The van der Waals surface area contributed by atoms with Crippen LogP contribution in [0.1, 0.15) is 5.56 Å². The molecule has 0 bridgehead atoms. The highest BCUT2D eigenvalue weighted by Gasteiger charge is 2.05. The van der Waals surface area contributed by atoms with Crippen molar-refractivity contribution in [1.82, 2.24) is 5.48 Å². The van der Waals surface area contributed by atoms with Gasteiger partial charge in [0.05, 0.1) is 18.8 Å². The lowest BCUT2D eigenvalue weighted by molar-refractivity contribution is -0.136. The lowest BCUT2D eigenvalue weighted by Gasteiger charge is -2.08. The summed E-state index contributed by atoms with van der Waals surface area (Å²) < 4.78 is 9.94. The number of carbonyl (C=O) groups excluding carboxylic acids is 1. The van der Waals surface area contributed by atoms with Crippen LogP contribution in [0.25, 0.3) is 0 Å². The van der Waals surface area contributed by atoms with E-state index in [-0.39, 0.29) is 13.2 Å². The van der Waals surface area contributed by atoms with Crippen molar-refractivity contribution in [3.63, 3.8) is 0 Å². The quantitative estimate of drug-likeness (QED) is 0.567. The molecule has 0 atom stereocenters. The van der Waals surface area contributed by atoms with E-state index in [1.165, 1.54) is 7.11 Å². The predicted octanol–water partition coefficient (Wildman–Crippen LogP) is 0.631. The molecule has 6 heteroatoms. The Morgan fingerprint density at radius 3 is 2.89 bits per heavy atom. The standard InChI is InChI=1S/C12H14N2O4/c1-16-6-7-18-14-12(15)9-17-11-5-3-2-4-10(11)8-13/h2-5H,6-7,9H2,1H3,(H,14,15). The van der Waals surface area contributed by atoms with Gasteiger partial charge in [-0.3, -0.25) is 9.63 Å². The molecule has 1 rings (SSSR count). The summed E-state index contributed by atoms with van der Waals surface area (Å²) in [6.07, 6.45) is 0. The van der Waals surface area contributed by atoms with Crippen LogP contribution in [0.2, 0.25) is 0 Å². The van der Waals surface area contributed by atoms with Gasteiger partial charge in [-0.2, -0.15) is 5.26 Å². The molecular weight excluding hydrogens is 236 g/mol. The first-order valence-corrected chi connectivity index (χ1v) is 5.29.